The van der Waals surface area contributed by atoms with E-state index in [0.29, 0.717) is 17.0 Å². The fourth-order valence-corrected chi connectivity index (χ4v) is 15.0. The molecule has 4 aromatic carbocycles. The van der Waals surface area contributed by atoms with Crippen LogP contribution >= 0.6 is 0 Å². The van der Waals surface area contributed by atoms with E-state index in [-0.39, 0.29) is 21.7 Å². The first-order chi connectivity index (χ1) is 25.4. The van der Waals surface area contributed by atoms with Gasteiger partial charge in [-0.05, 0) is 182 Å². The fraction of sp³-hybridized carbons (Fsp3) is 0.520. The molecule has 10 aliphatic rings. The minimum atomic E-state index is -0.285. The zero-order valence-corrected chi connectivity index (χ0v) is 32.0. The van der Waals surface area contributed by atoms with E-state index in [4.69, 9.17) is 0 Å². The second kappa shape index (κ2) is 9.21. The van der Waals surface area contributed by atoms with Crippen LogP contribution in [0.5, 0.6) is 0 Å². The molecule has 0 N–H and O–H groups in total. The number of benzene rings is 4. The van der Waals surface area contributed by atoms with Crippen LogP contribution in [0.4, 0.5) is 0 Å². The zero-order chi connectivity index (χ0) is 35.6. The molecule has 6 saturated carbocycles. The molecule has 0 spiro atoms. The quantitative estimate of drug-likeness (QED) is 0.172. The summed E-state index contributed by atoms with van der Waals surface area (Å²) in [7, 11) is 0. The Hall–Kier alpha value is -3.72. The number of nitrogens with zero attached hydrogens (tertiary/aromatic N) is 1. The zero-order valence-electron chi connectivity index (χ0n) is 32.0. The highest BCUT2D eigenvalue weighted by molar-refractivity contribution is 6.32. The summed E-state index contributed by atoms with van der Waals surface area (Å²) < 4.78 is 2.48. The van der Waals surface area contributed by atoms with Crippen LogP contribution in [0.3, 0.4) is 0 Å². The number of carbonyl (C=O) groups is 2. The lowest BCUT2D eigenvalue weighted by Gasteiger charge is -2.57. The van der Waals surface area contributed by atoms with Crippen LogP contribution in [0.1, 0.15) is 155 Å². The van der Waals surface area contributed by atoms with E-state index in [1.54, 1.807) is 5.56 Å². The van der Waals surface area contributed by atoms with Crippen molar-refractivity contribution in [2.45, 2.75) is 134 Å². The molecule has 6 fully saturated rings. The van der Waals surface area contributed by atoms with Gasteiger partial charge in [-0.25, -0.2) is 0 Å². The summed E-state index contributed by atoms with van der Waals surface area (Å²) in [4.78, 5) is 29.1. The molecule has 3 heteroatoms. The summed E-state index contributed by atoms with van der Waals surface area (Å²) in [5, 5.41) is 7.91. The third-order valence-corrected chi connectivity index (χ3v) is 18.1. The third-order valence-electron chi connectivity index (χ3n) is 18.1. The van der Waals surface area contributed by atoms with Gasteiger partial charge in [-0.3, -0.25) is 9.59 Å². The van der Waals surface area contributed by atoms with Crippen LogP contribution in [0.25, 0.3) is 48.9 Å². The molecule has 3 nitrogen and oxygen atoms in total. The molecule has 0 amide bonds. The first-order valence-corrected chi connectivity index (χ1v) is 21.3. The average Bonchev–Trinajstić information content (AvgIpc) is 3.56. The molecule has 0 aliphatic heterocycles. The Morgan fingerprint density at radius 1 is 0.528 bits per heavy atom. The standard InChI is InChI=1S/C50H51NO2/c1-46-7-11-48(3,12-8-46)44(52)35-22-40-33(20-38(35)46)34-19-30-18-31(50-24-27-15-28(25-50)17-29(16-27)26-50)5-6-32(30)42-37-21-39-36(23-41(37)51(40)43(34)42)45(53)49(4)13-9-47(39,2)10-14-49/h5-6,18-23,27-29H,7-17,24-26H2,1-4H3. The van der Waals surface area contributed by atoms with Gasteiger partial charge in [-0.15, -0.1) is 0 Å². The number of hydrogen-bond donors (Lipinski definition) is 0. The second-order valence-electron chi connectivity index (χ2n) is 21.3. The molecule has 8 bridgehead atoms. The van der Waals surface area contributed by atoms with Crippen LogP contribution < -0.4 is 0 Å². The van der Waals surface area contributed by atoms with E-state index in [2.05, 4.69) is 80.6 Å². The first-order valence-electron chi connectivity index (χ1n) is 21.3. The summed E-state index contributed by atoms with van der Waals surface area (Å²) in [6.07, 6.45) is 16.7. The molecular weight excluding hydrogens is 647 g/mol. The lowest BCUT2D eigenvalue weighted by Crippen LogP contribution is -2.48. The highest BCUT2D eigenvalue weighted by Crippen LogP contribution is 2.62. The van der Waals surface area contributed by atoms with Crippen molar-refractivity contribution in [1.82, 2.24) is 4.40 Å². The minimum Gasteiger partial charge on any atom is -0.308 e. The van der Waals surface area contributed by atoms with Crippen molar-refractivity contribution in [3.05, 3.63) is 76.3 Å². The predicted molar refractivity (Wildman–Crippen MR) is 215 cm³/mol. The van der Waals surface area contributed by atoms with Crippen LogP contribution in [0.2, 0.25) is 0 Å². The highest BCUT2D eigenvalue weighted by Gasteiger charge is 2.53. The Kier molecular flexibility index (Phi) is 5.31. The van der Waals surface area contributed by atoms with Crippen molar-refractivity contribution in [1.29, 1.82) is 0 Å². The van der Waals surface area contributed by atoms with Gasteiger partial charge in [0.05, 0.1) is 16.6 Å². The molecule has 0 saturated heterocycles. The van der Waals surface area contributed by atoms with Gasteiger partial charge in [0.25, 0.3) is 0 Å². The minimum absolute atomic E-state index is 0.0125. The van der Waals surface area contributed by atoms with Gasteiger partial charge >= 0.3 is 0 Å². The van der Waals surface area contributed by atoms with Gasteiger partial charge in [0.1, 0.15) is 0 Å². The number of Topliss-reactive ketones (excluding diaryl/α,β-unsaturated/α-hetero) is 2. The molecule has 2 heterocycles. The number of aromatic nitrogens is 1. The Balaban J connectivity index is 1.16. The van der Waals surface area contributed by atoms with E-state index in [0.717, 1.165) is 91.3 Å². The molecule has 268 valence electrons. The van der Waals surface area contributed by atoms with E-state index in [1.807, 2.05) is 0 Å². The SMILES string of the molecule is CC12CCC(C)(CC1)c1cc3c4cc5cc(C67CC8CC(CC(C8)C6)C7)ccc5c5c6cc7c(cc6n(c3cc1C2=O)c45)C(=O)C1(C)CCC7(C)CC1. The fourth-order valence-electron chi connectivity index (χ4n) is 15.0. The summed E-state index contributed by atoms with van der Waals surface area (Å²) in [6.45, 7) is 9.29. The van der Waals surface area contributed by atoms with Crippen molar-refractivity contribution >= 4 is 60.4 Å². The Bertz CT molecular complexity index is 2670. The predicted octanol–water partition coefficient (Wildman–Crippen LogP) is 12.5. The molecule has 16 rings (SSSR count). The maximum atomic E-state index is 14.6. The van der Waals surface area contributed by atoms with Crippen molar-refractivity contribution in [2.24, 2.45) is 28.6 Å². The second-order valence-corrected chi connectivity index (χ2v) is 21.3. The van der Waals surface area contributed by atoms with Crippen molar-refractivity contribution < 1.29 is 9.59 Å². The van der Waals surface area contributed by atoms with E-state index < -0.39 is 0 Å². The third kappa shape index (κ3) is 3.57. The Morgan fingerprint density at radius 3 is 1.57 bits per heavy atom. The van der Waals surface area contributed by atoms with Gasteiger partial charge in [-0.2, -0.15) is 0 Å². The van der Waals surface area contributed by atoms with Crippen molar-refractivity contribution in [3.63, 3.8) is 0 Å². The van der Waals surface area contributed by atoms with Crippen LogP contribution in [-0.4, -0.2) is 16.0 Å². The normalized spacial score (nSPS) is 38.5. The summed E-state index contributed by atoms with van der Waals surface area (Å²) in [6, 6.07) is 19.7. The number of hydrogen-bond acceptors (Lipinski definition) is 2. The van der Waals surface area contributed by atoms with Crippen LogP contribution in [0, 0.1) is 28.6 Å². The Labute approximate surface area is 312 Å². The first kappa shape index (κ1) is 30.6. The molecule has 53 heavy (non-hydrogen) atoms. The monoisotopic (exact) mass is 697 g/mol. The highest BCUT2D eigenvalue weighted by atomic mass is 16.1. The van der Waals surface area contributed by atoms with E-state index in [9.17, 15) is 9.59 Å². The number of ketones is 2. The number of rotatable bonds is 1. The van der Waals surface area contributed by atoms with Crippen LogP contribution in [-0.2, 0) is 16.2 Å². The number of carbonyl (C=O) groups excluding carboxylic acids is 2. The van der Waals surface area contributed by atoms with Gasteiger partial charge in [0.2, 0.25) is 0 Å². The van der Waals surface area contributed by atoms with Gasteiger partial charge in [-0.1, -0.05) is 45.9 Å². The largest absolute Gasteiger partial charge is 0.308 e. The Morgan fingerprint density at radius 2 is 1.02 bits per heavy atom. The maximum absolute atomic E-state index is 14.6. The average molecular weight is 698 g/mol. The molecule has 6 aromatic rings. The van der Waals surface area contributed by atoms with Gasteiger partial charge in [0, 0.05) is 43.5 Å². The van der Waals surface area contributed by atoms with E-state index in [1.165, 1.54) is 87.5 Å². The van der Waals surface area contributed by atoms with Crippen molar-refractivity contribution in [2.75, 3.05) is 0 Å². The summed E-state index contributed by atoms with van der Waals surface area (Å²) in [5.74, 6) is 3.42. The lowest BCUT2D eigenvalue weighted by molar-refractivity contribution is -0.00513. The molecule has 2 aromatic heterocycles. The van der Waals surface area contributed by atoms with E-state index >= 15 is 0 Å². The van der Waals surface area contributed by atoms with Gasteiger partial charge < -0.3 is 4.40 Å². The molecular formula is C50H51NO2. The molecule has 10 aliphatic carbocycles. The molecule has 0 radical (unpaired) electrons. The summed E-state index contributed by atoms with van der Waals surface area (Å²) in [5.41, 5.74) is 9.38. The lowest BCUT2D eigenvalue weighted by atomic mass is 9.48. The molecule has 0 unspecified atom stereocenters. The maximum Gasteiger partial charge on any atom is 0.169 e. The van der Waals surface area contributed by atoms with Gasteiger partial charge in [0.15, 0.2) is 11.6 Å². The number of fused-ring (bicyclic) bond motifs is 12. The van der Waals surface area contributed by atoms with Crippen molar-refractivity contribution in [3.8, 4) is 0 Å². The smallest absolute Gasteiger partial charge is 0.169 e. The summed E-state index contributed by atoms with van der Waals surface area (Å²) >= 11 is 0. The molecule has 0 atom stereocenters. The van der Waals surface area contributed by atoms with Crippen LogP contribution in [0.15, 0.2) is 48.5 Å². The topological polar surface area (TPSA) is 38.5 Å².